The summed E-state index contributed by atoms with van der Waals surface area (Å²) in [5.41, 5.74) is 3.63. The fourth-order valence-electron chi connectivity index (χ4n) is 2.57. The number of carbonyl (C=O) groups is 1. The number of carbonyl (C=O) groups excluding carboxylic acids is 1. The minimum absolute atomic E-state index is 0.227. The Hall–Kier alpha value is -1.62. The summed E-state index contributed by atoms with van der Waals surface area (Å²) in [6.07, 6.45) is 5.78. The number of halogens is 1. The van der Waals surface area contributed by atoms with Gasteiger partial charge >= 0.3 is 0 Å². The van der Waals surface area contributed by atoms with Crippen LogP contribution in [0.5, 0.6) is 0 Å². The Bertz CT molecular complexity index is 609. The van der Waals surface area contributed by atoms with Gasteiger partial charge in [0.2, 0.25) is 5.91 Å². The number of pyridine rings is 1. The number of aromatic nitrogens is 2. The van der Waals surface area contributed by atoms with Crippen molar-refractivity contribution in [1.82, 2.24) is 14.9 Å². The van der Waals surface area contributed by atoms with Crippen molar-refractivity contribution in [2.75, 3.05) is 6.54 Å². The van der Waals surface area contributed by atoms with Gasteiger partial charge in [-0.1, -0.05) is 0 Å². The van der Waals surface area contributed by atoms with E-state index in [0.717, 1.165) is 29.6 Å². The Balaban J connectivity index is 1.59. The van der Waals surface area contributed by atoms with Crippen molar-refractivity contribution in [3.05, 3.63) is 52.0 Å². The number of hydrogen-bond donors (Lipinski definition) is 1. The fraction of sp³-hybridized carbons (Fsp3) is 0.333. The predicted octanol–water partition coefficient (Wildman–Crippen LogP) is 2.69. The van der Waals surface area contributed by atoms with Crippen molar-refractivity contribution in [2.45, 2.75) is 25.8 Å². The molecule has 0 atom stereocenters. The molecule has 0 spiro atoms. The summed E-state index contributed by atoms with van der Waals surface area (Å²) >= 11 is 3.45. The van der Waals surface area contributed by atoms with Crippen LogP contribution in [-0.2, 0) is 24.2 Å². The molecule has 1 amide bonds. The maximum Gasteiger partial charge on any atom is 0.223 e. The van der Waals surface area contributed by atoms with Crippen LogP contribution in [0.3, 0.4) is 0 Å². The van der Waals surface area contributed by atoms with Crippen LogP contribution >= 0.6 is 15.9 Å². The second-order valence-corrected chi connectivity index (χ2v) is 5.90. The van der Waals surface area contributed by atoms with Crippen molar-refractivity contribution >= 4 is 21.8 Å². The molecule has 0 aromatic carbocycles. The van der Waals surface area contributed by atoms with Crippen LogP contribution in [0.25, 0.3) is 0 Å². The van der Waals surface area contributed by atoms with Gasteiger partial charge in [0.1, 0.15) is 0 Å². The summed E-state index contributed by atoms with van der Waals surface area (Å²) in [4.78, 5) is 21.5. The number of nitrogens with zero attached hydrogens (tertiary/aromatic N) is 2. The standard InChI is InChI=1S/C15H16BrN3O/c16-14-9-12-10-19(8-5-13(12)18-14)15(20)2-1-11-3-6-17-7-4-11/h3-4,6-7,9,18H,1-2,5,8,10H2. The Kier molecular flexibility index (Phi) is 3.87. The normalized spacial score (nSPS) is 14.2. The van der Waals surface area contributed by atoms with E-state index in [4.69, 9.17) is 0 Å². The molecule has 1 aliphatic rings. The van der Waals surface area contributed by atoms with Crippen LogP contribution in [0.15, 0.2) is 35.2 Å². The highest BCUT2D eigenvalue weighted by Crippen LogP contribution is 2.23. The molecule has 0 bridgehead atoms. The Morgan fingerprint density at radius 1 is 1.40 bits per heavy atom. The van der Waals surface area contributed by atoms with Crippen molar-refractivity contribution < 1.29 is 4.79 Å². The Morgan fingerprint density at radius 2 is 2.20 bits per heavy atom. The average Bonchev–Trinajstić information content (AvgIpc) is 2.85. The number of rotatable bonds is 3. The number of aromatic amines is 1. The van der Waals surface area contributed by atoms with E-state index >= 15 is 0 Å². The van der Waals surface area contributed by atoms with E-state index in [0.29, 0.717) is 13.0 Å². The van der Waals surface area contributed by atoms with Crippen LogP contribution < -0.4 is 0 Å². The van der Waals surface area contributed by atoms with Gasteiger partial charge in [-0.25, -0.2) is 0 Å². The first kappa shape index (κ1) is 13.4. The fourth-order valence-corrected chi connectivity index (χ4v) is 3.08. The zero-order valence-corrected chi connectivity index (χ0v) is 12.7. The molecule has 3 heterocycles. The third kappa shape index (κ3) is 2.93. The van der Waals surface area contributed by atoms with Gasteiger partial charge in [0.15, 0.2) is 0 Å². The molecule has 2 aromatic heterocycles. The molecule has 3 rings (SSSR count). The molecule has 0 aliphatic carbocycles. The molecule has 104 valence electrons. The second-order valence-electron chi connectivity index (χ2n) is 5.04. The quantitative estimate of drug-likeness (QED) is 0.938. The Labute approximate surface area is 126 Å². The average molecular weight is 334 g/mol. The molecule has 0 radical (unpaired) electrons. The monoisotopic (exact) mass is 333 g/mol. The summed E-state index contributed by atoms with van der Waals surface area (Å²) in [6.45, 7) is 1.52. The molecule has 1 aliphatic heterocycles. The maximum absolute atomic E-state index is 12.3. The lowest BCUT2D eigenvalue weighted by molar-refractivity contribution is -0.132. The van der Waals surface area contributed by atoms with E-state index in [9.17, 15) is 4.79 Å². The first-order valence-corrected chi connectivity index (χ1v) is 7.54. The highest BCUT2D eigenvalue weighted by Gasteiger charge is 2.21. The number of fused-ring (bicyclic) bond motifs is 1. The number of H-pyrrole nitrogens is 1. The number of hydrogen-bond acceptors (Lipinski definition) is 2. The molecule has 0 fully saturated rings. The minimum Gasteiger partial charge on any atom is -0.353 e. The summed E-state index contributed by atoms with van der Waals surface area (Å²) in [5, 5.41) is 0. The minimum atomic E-state index is 0.227. The second kappa shape index (κ2) is 5.79. The molecule has 4 nitrogen and oxygen atoms in total. The van der Waals surface area contributed by atoms with Crippen LogP contribution in [0.1, 0.15) is 23.2 Å². The van der Waals surface area contributed by atoms with Gasteiger partial charge in [-0.15, -0.1) is 0 Å². The van der Waals surface area contributed by atoms with Crippen molar-refractivity contribution in [3.8, 4) is 0 Å². The number of nitrogens with one attached hydrogen (secondary N) is 1. The van der Waals surface area contributed by atoms with E-state index in [-0.39, 0.29) is 5.91 Å². The topological polar surface area (TPSA) is 49.0 Å². The molecule has 0 saturated carbocycles. The van der Waals surface area contributed by atoms with Crippen molar-refractivity contribution in [3.63, 3.8) is 0 Å². The largest absolute Gasteiger partial charge is 0.353 e. The lowest BCUT2D eigenvalue weighted by atomic mass is 10.1. The van der Waals surface area contributed by atoms with Crippen molar-refractivity contribution in [1.29, 1.82) is 0 Å². The maximum atomic E-state index is 12.3. The summed E-state index contributed by atoms with van der Waals surface area (Å²) in [5.74, 6) is 0.227. The summed E-state index contributed by atoms with van der Waals surface area (Å²) in [6, 6.07) is 5.99. The lowest BCUT2D eigenvalue weighted by Gasteiger charge is -2.27. The molecular weight excluding hydrogens is 318 g/mol. The first-order valence-electron chi connectivity index (χ1n) is 6.75. The van der Waals surface area contributed by atoms with Gasteiger partial charge < -0.3 is 9.88 Å². The highest BCUT2D eigenvalue weighted by atomic mass is 79.9. The van der Waals surface area contributed by atoms with Crippen molar-refractivity contribution in [2.24, 2.45) is 0 Å². The smallest absolute Gasteiger partial charge is 0.223 e. The van der Waals surface area contributed by atoms with Gasteiger partial charge in [0.05, 0.1) is 4.60 Å². The van der Waals surface area contributed by atoms with E-state index < -0.39 is 0 Å². The zero-order chi connectivity index (χ0) is 13.9. The SMILES string of the molecule is O=C(CCc1ccncc1)N1CCc2[nH]c(Br)cc2C1. The van der Waals surface area contributed by atoms with Crippen LogP contribution in [0.4, 0.5) is 0 Å². The molecular formula is C15H16BrN3O. The van der Waals surface area contributed by atoms with Gasteiger partial charge in [-0.2, -0.15) is 0 Å². The highest BCUT2D eigenvalue weighted by molar-refractivity contribution is 9.10. The molecule has 1 N–H and O–H groups in total. The van der Waals surface area contributed by atoms with Gasteiger partial charge in [-0.05, 0) is 51.7 Å². The summed E-state index contributed by atoms with van der Waals surface area (Å²) < 4.78 is 0.994. The van der Waals surface area contributed by atoms with Gasteiger partial charge in [-0.3, -0.25) is 9.78 Å². The predicted molar refractivity (Wildman–Crippen MR) is 80.2 cm³/mol. The Morgan fingerprint density at radius 3 is 3.00 bits per heavy atom. The van der Waals surface area contributed by atoms with Crippen LogP contribution in [0.2, 0.25) is 0 Å². The van der Waals surface area contributed by atoms with Crippen LogP contribution in [-0.4, -0.2) is 27.3 Å². The molecule has 5 heteroatoms. The van der Waals surface area contributed by atoms with Crippen LogP contribution in [0, 0.1) is 0 Å². The lowest BCUT2D eigenvalue weighted by Crippen LogP contribution is -2.35. The molecule has 2 aromatic rings. The first-order chi connectivity index (χ1) is 9.72. The molecule has 0 saturated heterocycles. The summed E-state index contributed by atoms with van der Waals surface area (Å²) in [7, 11) is 0. The molecule has 20 heavy (non-hydrogen) atoms. The van der Waals surface area contributed by atoms with E-state index in [2.05, 4.69) is 32.0 Å². The number of amides is 1. The van der Waals surface area contributed by atoms with E-state index in [1.165, 1.54) is 11.3 Å². The molecule has 0 unspecified atom stereocenters. The van der Waals surface area contributed by atoms with E-state index in [1.807, 2.05) is 17.0 Å². The zero-order valence-electron chi connectivity index (χ0n) is 11.1. The van der Waals surface area contributed by atoms with Gasteiger partial charge in [0, 0.05) is 44.0 Å². The van der Waals surface area contributed by atoms with E-state index in [1.54, 1.807) is 12.4 Å². The third-order valence-corrected chi connectivity index (χ3v) is 4.11. The van der Waals surface area contributed by atoms with Gasteiger partial charge in [0.25, 0.3) is 0 Å². The third-order valence-electron chi connectivity index (χ3n) is 3.68. The number of aryl methyl sites for hydroxylation is 1.